The minimum atomic E-state index is 0.0281. The van der Waals surface area contributed by atoms with Gasteiger partial charge in [0.15, 0.2) is 0 Å². The quantitative estimate of drug-likeness (QED) is 0.822. The van der Waals surface area contributed by atoms with Crippen LogP contribution in [0.15, 0.2) is 24.3 Å². The second-order valence-electron chi connectivity index (χ2n) is 7.74. The molecular weight excluding hydrogens is 242 g/mol. The summed E-state index contributed by atoms with van der Waals surface area (Å²) in [5.74, 6) is 0.683. The van der Waals surface area contributed by atoms with Crippen molar-refractivity contribution in [3.05, 3.63) is 35.4 Å². The lowest BCUT2D eigenvalue weighted by Crippen LogP contribution is -2.55. The SMILES string of the molecule is CC1(C)CCCCC1(N)CC1CCCc2ccccc21. The van der Waals surface area contributed by atoms with Crippen LogP contribution in [0.5, 0.6) is 0 Å². The van der Waals surface area contributed by atoms with E-state index in [0.717, 1.165) is 0 Å². The summed E-state index contributed by atoms with van der Waals surface area (Å²) in [6.45, 7) is 4.78. The smallest absolute Gasteiger partial charge is 0.0211 e. The van der Waals surface area contributed by atoms with E-state index >= 15 is 0 Å². The molecule has 0 spiro atoms. The number of fused-ring (bicyclic) bond motifs is 1. The third-order valence-electron chi connectivity index (χ3n) is 6.13. The van der Waals surface area contributed by atoms with E-state index in [9.17, 15) is 0 Å². The van der Waals surface area contributed by atoms with Crippen molar-refractivity contribution in [2.75, 3.05) is 0 Å². The van der Waals surface area contributed by atoms with Crippen molar-refractivity contribution >= 4 is 0 Å². The molecule has 0 saturated heterocycles. The molecule has 0 aromatic heterocycles. The van der Waals surface area contributed by atoms with Gasteiger partial charge < -0.3 is 5.73 Å². The highest BCUT2D eigenvalue weighted by molar-refractivity contribution is 5.33. The zero-order valence-corrected chi connectivity index (χ0v) is 13.1. The largest absolute Gasteiger partial charge is 0.325 e. The van der Waals surface area contributed by atoms with Gasteiger partial charge in [0.05, 0.1) is 0 Å². The average Bonchev–Trinajstić information content (AvgIpc) is 2.43. The molecule has 0 radical (unpaired) electrons. The Morgan fingerprint density at radius 1 is 1.10 bits per heavy atom. The van der Waals surface area contributed by atoms with Crippen LogP contribution in [0.4, 0.5) is 0 Å². The molecule has 1 fully saturated rings. The first-order valence-electron chi connectivity index (χ1n) is 8.39. The van der Waals surface area contributed by atoms with Gasteiger partial charge in [-0.05, 0) is 61.0 Å². The molecule has 3 rings (SSSR count). The average molecular weight is 271 g/mol. The molecule has 0 amide bonds. The Morgan fingerprint density at radius 2 is 1.85 bits per heavy atom. The third-order valence-corrected chi connectivity index (χ3v) is 6.13. The molecular formula is C19H29N. The van der Waals surface area contributed by atoms with Gasteiger partial charge in [0.1, 0.15) is 0 Å². The first kappa shape index (κ1) is 14.1. The molecule has 2 aliphatic rings. The molecule has 110 valence electrons. The molecule has 2 unspecified atom stereocenters. The molecule has 1 saturated carbocycles. The molecule has 2 atom stereocenters. The van der Waals surface area contributed by atoms with Crippen LogP contribution in [0.25, 0.3) is 0 Å². The summed E-state index contributed by atoms with van der Waals surface area (Å²) in [6, 6.07) is 9.05. The lowest BCUT2D eigenvalue weighted by Gasteiger charge is -2.50. The normalized spacial score (nSPS) is 32.6. The Bertz CT molecular complexity index is 476. The summed E-state index contributed by atoms with van der Waals surface area (Å²) in [5, 5.41) is 0. The lowest BCUT2D eigenvalue weighted by molar-refractivity contribution is 0.0816. The highest BCUT2D eigenvalue weighted by Crippen LogP contribution is 2.48. The van der Waals surface area contributed by atoms with Crippen molar-refractivity contribution in [2.45, 2.75) is 76.7 Å². The van der Waals surface area contributed by atoms with Crippen LogP contribution in [0, 0.1) is 5.41 Å². The predicted molar refractivity (Wildman–Crippen MR) is 85.9 cm³/mol. The van der Waals surface area contributed by atoms with Crippen molar-refractivity contribution in [3.63, 3.8) is 0 Å². The van der Waals surface area contributed by atoms with Crippen molar-refractivity contribution in [2.24, 2.45) is 11.1 Å². The second kappa shape index (κ2) is 5.18. The maximum Gasteiger partial charge on any atom is 0.0211 e. The zero-order chi connectivity index (χ0) is 14.2. The number of aryl methyl sites for hydroxylation is 1. The van der Waals surface area contributed by atoms with E-state index in [-0.39, 0.29) is 11.0 Å². The van der Waals surface area contributed by atoms with Gasteiger partial charge in [-0.3, -0.25) is 0 Å². The van der Waals surface area contributed by atoms with E-state index in [1.165, 1.54) is 51.4 Å². The van der Waals surface area contributed by atoms with E-state index < -0.39 is 0 Å². The first-order chi connectivity index (χ1) is 9.52. The molecule has 2 aliphatic carbocycles. The van der Waals surface area contributed by atoms with Crippen LogP contribution in [0.2, 0.25) is 0 Å². The summed E-state index contributed by atoms with van der Waals surface area (Å²) >= 11 is 0. The molecule has 20 heavy (non-hydrogen) atoms. The lowest BCUT2D eigenvalue weighted by atomic mass is 9.59. The van der Waals surface area contributed by atoms with Gasteiger partial charge in [0.2, 0.25) is 0 Å². The van der Waals surface area contributed by atoms with Crippen molar-refractivity contribution < 1.29 is 0 Å². The summed E-state index contributed by atoms with van der Waals surface area (Å²) in [6.07, 6.45) is 10.3. The summed E-state index contributed by atoms with van der Waals surface area (Å²) in [4.78, 5) is 0. The minimum Gasteiger partial charge on any atom is -0.325 e. The Morgan fingerprint density at radius 3 is 2.65 bits per heavy atom. The van der Waals surface area contributed by atoms with Crippen molar-refractivity contribution in [3.8, 4) is 0 Å². The zero-order valence-electron chi connectivity index (χ0n) is 13.1. The van der Waals surface area contributed by atoms with Crippen LogP contribution in [-0.2, 0) is 6.42 Å². The van der Waals surface area contributed by atoms with Gasteiger partial charge in [-0.25, -0.2) is 0 Å². The van der Waals surface area contributed by atoms with E-state index in [4.69, 9.17) is 5.73 Å². The third kappa shape index (κ3) is 2.41. The van der Waals surface area contributed by atoms with Crippen LogP contribution < -0.4 is 5.73 Å². The van der Waals surface area contributed by atoms with Crippen LogP contribution in [-0.4, -0.2) is 5.54 Å². The van der Waals surface area contributed by atoms with Crippen molar-refractivity contribution in [1.82, 2.24) is 0 Å². The minimum absolute atomic E-state index is 0.0281. The van der Waals surface area contributed by atoms with E-state index in [1.807, 2.05) is 0 Å². The second-order valence-corrected chi connectivity index (χ2v) is 7.74. The van der Waals surface area contributed by atoms with Gasteiger partial charge >= 0.3 is 0 Å². The Balaban J connectivity index is 1.85. The topological polar surface area (TPSA) is 26.0 Å². The molecule has 1 aromatic rings. The molecule has 1 aromatic carbocycles. The Kier molecular flexibility index (Phi) is 3.66. The maximum atomic E-state index is 6.92. The number of hydrogen-bond donors (Lipinski definition) is 1. The van der Waals surface area contributed by atoms with E-state index in [2.05, 4.69) is 38.1 Å². The maximum absolute atomic E-state index is 6.92. The van der Waals surface area contributed by atoms with Crippen molar-refractivity contribution in [1.29, 1.82) is 0 Å². The number of benzene rings is 1. The van der Waals surface area contributed by atoms with Gasteiger partial charge in [-0.15, -0.1) is 0 Å². The van der Waals surface area contributed by atoms with Gasteiger partial charge in [0, 0.05) is 5.54 Å². The fourth-order valence-electron chi connectivity index (χ4n) is 4.48. The Hall–Kier alpha value is -0.820. The van der Waals surface area contributed by atoms with Gasteiger partial charge in [0.25, 0.3) is 0 Å². The molecule has 0 bridgehead atoms. The van der Waals surface area contributed by atoms with Gasteiger partial charge in [-0.2, -0.15) is 0 Å². The number of nitrogens with two attached hydrogens (primary N) is 1. The van der Waals surface area contributed by atoms with Crippen LogP contribution in [0.1, 0.15) is 75.8 Å². The molecule has 2 N–H and O–H groups in total. The molecule has 0 heterocycles. The highest BCUT2D eigenvalue weighted by Gasteiger charge is 2.45. The highest BCUT2D eigenvalue weighted by atomic mass is 14.8. The summed E-state index contributed by atoms with van der Waals surface area (Å²) < 4.78 is 0. The van der Waals surface area contributed by atoms with Gasteiger partial charge in [-0.1, -0.05) is 51.0 Å². The standard InChI is InChI=1S/C19H29N/c1-18(2)12-5-6-13-19(18,20)14-16-10-7-9-15-8-3-4-11-17(15)16/h3-4,8,11,16H,5-7,9-10,12-14,20H2,1-2H3. The first-order valence-corrected chi connectivity index (χ1v) is 8.39. The monoisotopic (exact) mass is 271 g/mol. The van der Waals surface area contributed by atoms with E-state index in [1.54, 1.807) is 11.1 Å². The Labute approximate surface area is 124 Å². The van der Waals surface area contributed by atoms with E-state index in [0.29, 0.717) is 5.92 Å². The fraction of sp³-hybridized carbons (Fsp3) is 0.684. The molecule has 1 heteroatoms. The number of hydrogen-bond acceptors (Lipinski definition) is 1. The van der Waals surface area contributed by atoms with Crippen LogP contribution >= 0.6 is 0 Å². The van der Waals surface area contributed by atoms with Crippen LogP contribution in [0.3, 0.4) is 0 Å². The number of rotatable bonds is 2. The summed E-state index contributed by atoms with van der Waals surface area (Å²) in [7, 11) is 0. The fourth-order valence-corrected chi connectivity index (χ4v) is 4.48. The predicted octanol–water partition coefficient (Wildman–Crippen LogP) is 4.79. The summed E-state index contributed by atoms with van der Waals surface area (Å²) in [5.41, 5.74) is 10.4. The molecule has 1 nitrogen and oxygen atoms in total. The molecule has 0 aliphatic heterocycles.